The molecule has 6 heteroatoms. The summed E-state index contributed by atoms with van der Waals surface area (Å²) in [6.45, 7) is -0.413. The average Bonchev–Trinajstić information content (AvgIpc) is 1.81. The van der Waals surface area contributed by atoms with E-state index >= 15 is 0 Å². The molecule has 11 heavy (non-hydrogen) atoms. The fourth-order valence-electron chi connectivity index (χ4n) is 0.973. The second-order valence-corrected chi connectivity index (χ2v) is 4.71. The number of hydrogen-bond acceptors (Lipinski definition) is 4. The molecule has 1 aliphatic rings. The van der Waals surface area contributed by atoms with Crippen molar-refractivity contribution in [1.82, 2.24) is 5.32 Å². The molecule has 5 nitrogen and oxygen atoms in total. The highest BCUT2D eigenvalue weighted by Gasteiger charge is 2.44. The SMILES string of the molecule is CS(=O)(=O)[C@H]1NC(=O)[C@@H]1CO. The molecule has 0 radical (unpaired) electrons. The zero-order chi connectivity index (χ0) is 8.65. The predicted octanol–water partition coefficient (Wildman–Crippen LogP) is -1.90. The molecule has 2 atom stereocenters. The first-order valence-corrected chi connectivity index (χ1v) is 5.02. The second-order valence-electron chi connectivity index (χ2n) is 2.55. The monoisotopic (exact) mass is 179 g/mol. The Labute approximate surface area is 64.3 Å². The Hall–Kier alpha value is -0.620. The van der Waals surface area contributed by atoms with E-state index in [0.717, 1.165) is 6.26 Å². The molecule has 0 spiro atoms. The van der Waals surface area contributed by atoms with Gasteiger partial charge in [0.1, 0.15) is 5.37 Å². The lowest BCUT2D eigenvalue weighted by molar-refractivity contribution is -0.134. The quantitative estimate of drug-likeness (QED) is 0.485. The van der Waals surface area contributed by atoms with E-state index in [-0.39, 0.29) is 0 Å². The zero-order valence-electron chi connectivity index (χ0n) is 5.94. The van der Waals surface area contributed by atoms with Crippen molar-refractivity contribution in [3.8, 4) is 0 Å². The standard InChI is InChI=1S/C5H9NO4S/c1-11(9,10)5-3(2-7)4(8)6-5/h3,5,7H,2H2,1H3,(H,6,8)/t3-,5+/m0/s1. The molecule has 1 saturated heterocycles. The molecule has 0 aromatic rings. The van der Waals surface area contributed by atoms with Gasteiger partial charge in [0.15, 0.2) is 9.84 Å². The van der Waals surface area contributed by atoms with Gasteiger partial charge in [-0.1, -0.05) is 0 Å². The average molecular weight is 179 g/mol. The summed E-state index contributed by atoms with van der Waals surface area (Å²) < 4.78 is 21.6. The van der Waals surface area contributed by atoms with Crippen LogP contribution in [0.25, 0.3) is 0 Å². The summed E-state index contributed by atoms with van der Waals surface area (Å²) in [5.41, 5.74) is 0. The van der Waals surface area contributed by atoms with Crippen molar-refractivity contribution in [1.29, 1.82) is 0 Å². The number of amides is 1. The van der Waals surface area contributed by atoms with E-state index in [2.05, 4.69) is 5.32 Å². The zero-order valence-corrected chi connectivity index (χ0v) is 6.76. The maximum atomic E-state index is 10.8. The smallest absolute Gasteiger partial charge is 0.229 e. The maximum Gasteiger partial charge on any atom is 0.229 e. The molecule has 1 rings (SSSR count). The minimum atomic E-state index is -3.25. The van der Waals surface area contributed by atoms with E-state index in [1.807, 2.05) is 0 Å². The summed E-state index contributed by atoms with van der Waals surface area (Å²) in [6.07, 6.45) is 1.03. The van der Waals surface area contributed by atoms with Gasteiger partial charge >= 0.3 is 0 Å². The van der Waals surface area contributed by atoms with Crippen LogP contribution in [-0.4, -0.2) is 37.7 Å². The molecule has 1 amide bonds. The van der Waals surface area contributed by atoms with E-state index < -0.39 is 33.6 Å². The molecular weight excluding hydrogens is 170 g/mol. The molecular formula is C5H9NO4S. The summed E-state index contributed by atoms with van der Waals surface area (Å²) in [5, 5.41) is 9.87. The fraction of sp³-hybridized carbons (Fsp3) is 0.800. The summed E-state index contributed by atoms with van der Waals surface area (Å²) >= 11 is 0. The van der Waals surface area contributed by atoms with E-state index in [4.69, 9.17) is 5.11 Å². The Kier molecular flexibility index (Phi) is 1.89. The van der Waals surface area contributed by atoms with E-state index in [0.29, 0.717) is 0 Å². The topological polar surface area (TPSA) is 83.5 Å². The third-order valence-corrected chi connectivity index (χ3v) is 3.01. The van der Waals surface area contributed by atoms with Gasteiger partial charge in [0, 0.05) is 6.26 Å². The van der Waals surface area contributed by atoms with Crippen LogP contribution in [0.5, 0.6) is 0 Å². The summed E-state index contributed by atoms with van der Waals surface area (Å²) in [5.74, 6) is -1.17. The van der Waals surface area contributed by atoms with E-state index in [1.54, 1.807) is 0 Å². The third kappa shape index (κ3) is 1.36. The molecule has 0 aromatic carbocycles. The summed E-state index contributed by atoms with van der Waals surface area (Å²) in [4.78, 5) is 10.6. The predicted molar refractivity (Wildman–Crippen MR) is 37.4 cm³/mol. The molecule has 1 aliphatic heterocycles. The number of nitrogens with one attached hydrogen (secondary N) is 1. The lowest BCUT2D eigenvalue weighted by atomic mass is 10.0. The van der Waals surface area contributed by atoms with Gasteiger partial charge in [-0.25, -0.2) is 8.42 Å². The van der Waals surface area contributed by atoms with Gasteiger partial charge in [-0.2, -0.15) is 0 Å². The Bertz CT molecular complexity index is 270. The van der Waals surface area contributed by atoms with Crippen molar-refractivity contribution < 1.29 is 18.3 Å². The molecule has 2 N–H and O–H groups in total. The Morgan fingerprint density at radius 1 is 1.64 bits per heavy atom. The third-order valence-electron chi connectivity index (χ3n) is 1.64. The fourth-order valence-corrected chi connectivity index (χ4v) is 2.11. The van der Waals surface area contributed by atoms with Crippen molar-refractivity contribution in [2.45, 2.75) is 5.37 Å². The van der Waals surface area contributed by atoms with Crippen LogP contribution in [0.3, 0.4) is 0 Å². The van der Waals surface area contributed by atoms with E-state index in [1.165, 1.54) is 0 Å². The minimum Gasteiger partial charge on any atom is -0.395 e. The highest BCUT2D eigenvalue weighted by atomic mass is 32.2. The van der Waals surface area contributed by atoms with Crippen LogP contribution < -0.4 is 5.32 Å². The van der Waals surface area contributed by atoms with Crippen molar-refractivity contribution in [3.63, 3.8) is 0 Å². The molecule has 0 bridgehead atoms. The maximum absolute atomic E-state index is 10.8. The normalized spacial score (nSPS) is 30.9. The highest BCUT2D eigenvalue weighted by molar-refractivity contribution is 7.91. The highest BCUT2D eigenvalue weighted by Crippen LogP contribution is 2.18. The lowest BCUT2D eigenvalue weighted by Gasteiger charge is -2.33. The first-order valence-electron chi connectivity index (χ1n) is 3.07. The van der Waals surface area contributed by atoms with Gasteiger partial charge in [0.25, 0.3) is 0 Å². The van der Waals surface area contributed by atoms with Gasteiger partial charge in [-0.05, 0) is 0 Å². The van der Waals surface area contributed by atoms with Crippen molar-refractivity contribution in [3.05, 3.63) is 0 Å². The van der Waals surface area contributed by atoms with E-state index in [9.17, 15) is 13.2 Å². The lowest BCUT2D eigenvalue weighted by Crippen LogP contribution is -2.62. The Balaban J connectivity index is 2.74. The number of carbonyl (C=O) groups excluding carboxylic acids is 1. The molecule has 0 saturated carbocycles. The number of sulfone groups is 1. The molecule has 0 unspecified atom stereocenters. The molecule has 1 heterocycles. The molecule has 0 aliphatic carbocycles. The molecule has 0 aromatic heterocycles. The van der Waals surface area contributed by atoms with Gasteiger partial charge in [0.2, 0.25) is 5.91 Å². The van der Waals surface area contributed by atoms with Crippen molar-refractivity contribution >= 4 is 15.7 Å². The van der Waals surface area contributed by atoms with Gasteiger partial charge in [-0.3, -0.25) is 4.79 Å². The number of β-lactam (4-membered cyclic amide) rings is 1. The summed E-state index contributed by atoms with van der Waals surface area (Å²) in [7, 11) is -3.25. The van der Waals surface area contributed by atoms with Gasteiger partial charge in [0.05, 0.1) is 12.5 Å². The second kappa shape index (κ2) is 2.46. The Morgan fingerprint density at radius 3 is 2.36 bits per heavy atom. The van der Waals surface area contributed by atoms with Gasteiger partial charge in [-0.15, -0.1) is 0 Å². The van der Waals surface area contributed by atoms with Crippen LogP contribution in [0.1, 0.15) is 0 Å². The van der Waals surface area contributed by atoms with Crippen LogP contribution >= 0.6 is 0 Å². The van der Waals surface area contributed by atoms with Crippen molar-refractivity contribution in [2.24, 2.45) is 5.92 Å². The van der Waals surface area contributed by atoms with Gasteiger partial charge < -0.3 is 10.4 Å². The van der Waals surface area contributed by atoms with Crippen LogP contribution in [-0.2, 0) is 14.6 Å². The number of rotatable bonds is 2. The number of aliphatic hydroxyl groups is 1. The van der Waals surface area contributed by atoms with Crippen molar-refractivity contribution in [2.75, 3.05) is 12.9 Å². The van der Waals surface area contributed by atoms with Crippen LogP contribution in [0.2, 0.25) is 0 Å². The first-order chi connectivity index (χ1) is 4.96. The van der Waals surface area contributed by atoms with Crippen LogP contribution in [0.15, 0.2) is 0 Å². The number of carbonyl (C=O) groups is 1. The first kappa shape index (κ1) is 8.48. The van der Waals surface area contributed by atoms with Crippen LogP contribution in [0.4, 0.5) is 0 Å². The Morgan fingerprint density at radius 2 is 2.18 bits per heavy atom. The largest absolute Gasteiger partial charge is 0.395 e. The molecule has 1 fully saturated rings. The number of hydrogen-bond donors (Lipinski definition) is 2. The van der Waals surface area contributed by atoms with Crippen LogP contribution in [0, 0.1) is 5.92 Å². The molecule has 64 valence electrons. The minimum absolute atomic E-state index is 0.400. The summed E-state index contributed by atoms with van der Waals surface area (Å²) in [6, 6.07) is 0. The number of aliphatic hydroxyl groups excluding tert-OH is 1.